The maximum Gasteiger partial charge on any atom is 0.155 e. The number of nitrogens with zero attached hydrogens (tertiary/aromatic N) is 4. The summed E-state index contributed by atoms with van der Waals surface area (Å²) in [6.07, 6.45) is 3.99. The minimum Gasteiger partial charge on any atom is -0.399 e. The molecule has 0 amide bonds. The van der Waals surface area contributed by atoms with Gasteiger partial charge in [0.1, 0.15) is 18.0 Å². The first kappa shape index (κ1) is 15.4. The number of amidine groups is 1. The lowest BCUT2D eigenvalue weighted by Crippen LogP contribution is -2.41. The largest absolute Gasteiger partial charge is 0.399 e. The molecular weight excluding hydrogens is 334 g/mol. The molecule has 1 aliphatic heterocycles. The summed E-state index contributed by atoms with van der Waals surface area (Å²) in [6, 6.07) is 4.15. The van der Waals surface area contributed by atoms with Crippen LogP contribution in [0.1, 0.15) is 12.0 Å². The molecule has 2 aliphatic rings. The second kappa shape index (κ2) is 5.17. The molecule has 1 saturated carbocycles. The van der Waals surface area contributed by atoms with Crippen molar-refractivity contribution in [1.82, 2.24) is 15.0 Å². The Morgan fingerprint density at radius 2 is 2.21 bits per heavy atom. The van der Waals surface area contributed by atoms with Gasteiger partial charge in [0.05, 0.1) is 12.7 Å². The lowest BCUT2D eigenvalue weighted by Gasteiger charge is -2.35. The molecule has 2 heterocycles. The maximum atomic E-state index is 14.4. The van der Waals surface area contributed by atoms with Crippen LogP contribution in [0.4, 0.5) is 14.5 Å². The van der Waals surface area contributed by atoms with E-state index in [4.69, 9.17) is 11.5 Å². The van der Waals surface area contributed by atoms with E-state index in [2.05, 4.69) is 15.3 Å². The zero-order chi connectivity index (χ0) is 16.9. The molecule has 3 atom stereocenters. The molecule has 0 radical (unpaired) electrons. The quantitative estimate of drug-likeness (QED) is 0.818. The minimum absolute atomic E-state index is 0.165. The molecule has 1 fully saturated rings. The van der Waals surface area contributed by atoms with Crippen molar-refractivity contribution in [1.29, 1.82) is 0 Å². The highest BCUT2D eigenvalue weighted by Crippen LogP contribution is 2.66. The van der Waals surface area contributed by atoms with E-state index in [1.807, 2.05) is 0 Å². The molecule has 4 rings (SSSR count). The number of benzene rings is 1. The van der Waals surface area contributed by atoms with Crippen LogP contribution in [0.2, 0.25) is 0 Å². The Balaban J connectivity index is 1.78. The molecule has 0 spiro atoms. The molecule has 6 nitrogen and oxygen atoms in total. The van der Waals surface area contributed by atoms with Gasteiger partial charge in [0.2, 0.25) is 0 Å². The second-order valence-corrected chi connectivity index (χ2v) is 7.71. The van der Waals surface area contributed by atoms with Crippen LogP contribution in [0.25, 0.3) is 0 Å². The predicted molar refractivity (Wildman–Crippen MR) is 88.5 cm³/mol. The van der Waals surface area contributed by atoms with E-state index in [-0.39, 0.29) is 21.4 Å². The van der Waals surface area contributed by atoms with Crippen molar-refractivity contribution in [2.75, 3.05) is 12.4 Å². The smallest absolute Gasteiger partial charge is 0.155 e. The molecule has 0 saturated heterocycles. The molecular formula is C15H16F2N6S. The summed E-state index contributed by atoms with van der Waals surface area (Å²) in [5, 5.41) is 8.01. The number of hydrogen-bond acceptors (Lipinski definition) is 6. The van der Waals surface area contributed by atoms with Gasteiger partial charge in [-0.2, -0.15) is 0 Å². The SMILES string of the molecule is NC1=N[C@](CF)(c2cc(N)ccc2F)C2CC2(Cn2ccnn2)S1. The van der Waals surface area contributed by atoms with Crippen molar-refractivity contribution in [3.8, 4) is 0 Å². The van der Waals surface area contributed by atoms with E-state index < -0.39 is 18.0 Å². The van der Waals surface area contributed by atoms with Crippen molar-refractivity contribution in [3.63, 3.8) is 0 Å². The van der Waals surface area contributed by atoms with Crippen LogP contribution >= 0.6 is 11.8 Å². The molecule has 24 heavy (non-hydrogen) atoms. The number of hydrogen-bond donors (Lipinski definition) is 2. The van der Waals surface area contributed by atoms with Gasteiger partial charge in [-0.05, 0) is 24.6 Å². The summed E-state index contributed by atoms with van der Waals surface area (Å²) in [6.45, 7) is -0.317. The Morgan fingerprint density at radius 1 is 1.38 bits per heavy atom. The van der Waals surface area contributed by atoms with Gasteiger partial charge in [0, 0.05) is 28.1 Å². The lowest BCUT2D eigenvalue weighted by atomic mass is 9.84. The fourth-order valence-electron chi connectivity index (χ4n) is 3.62. The van der Waals surface area contributed by atoms with Gasteiger partial charge in [0.15, 0.2) is 5.17 Å². The minimum atomic E-state index is -1.34. The van der Waals surface area contributed by atoms with Crippen molar-refractivity contribution < 1.29 is 8.78 Å². The summed E-state index contributed by atoms with van der Waals surface area (Å²) in [5.74, 6) is -0.709. The topological polar surface area (TPSA) is 95.1 Å². The van der Waals surface area contributed by atoms with E-state index in [0.717, 1.165) is 0 Å². The van der Waals surface area contributed by atoms with E-state index >= 15 is 0 Å². The number of thioether (sulfide) groups is 1. The van der Waals surface area contributed by atoms with Crippen molar-refractivity contribution >= 4 is 22.6 Å². The molecule has 126 valence electrons. The third kappa shape index (κ3) is 2.18. The van der Waals surface area contributed by atoms with E-state index in [0.29, 0.717) is 18.7 Å². The van der Waals surface area contributed by atoms with E-state index in [1.54, 1.807) is 17.1 Å². The van der Waals surface area contributed by atoms with Crippen molar-refractivity contribution in [3.05, 3.63) is 42.0 Å². The first-order valence-electron chi connectivity index (χ1n) is 7.49. The van der Waals surface area contributed by atoms with Crippen LogP contribution in [0.3, 0.4) is 0 Å². The average Bonchev–Trinajstić information content (AvgIpc) is 3.02. The Labute approximate surface area is 141 Å². The summed E-state index contributed by atoms with van der Waals surface area (Å²) < 4.78 is 30.0. The van der Waals surface area contributed by atoms with Gasteiger partial charge in [-0.15, -0.1) is 5.10 Å². The van der Waals surface area contributed by atoms with Gasteiger partial charge in [-0.25, -0.2) is 13.8 Å². The Hall–Kier alpha value is -2.16. The monoisotopic (exact) mass is 350 g/mol. The van der Waals surface area contributed by atoms with Crippen LogP contribution in [0.15, 0.2) is 35.6 Å². The fourth-order valence-corrected chi connectivity index (χ4v) is 5.03. The van der Waals surface area contributed by atoms with Crippen molar-refractivity contribution in [2.24, 2.45) is 16.6 Å². The van der Waals surface area contributed by atoms with Crippen LogP contribution < -0.4 is 11.5 Å². The number of aliphatic imine (C=N–C) groups is 1. The number of nitrogen functional groups attached to an aromatic ring is 1. The molecule has 2 unspecified atom stereocenters. The third-order valence-electron chi connectivity index (χ3n) is 4.78. The highest BCUT2D eigenvalue weighted by molar-refractivity contribution is 8.15. The Morgan fingerprint density at radius 3 is 2.92 bits per heavy atom. The maximum absolute atomic E-state index is 14.4. The first-order chi connectivity index (χ1) is 11.5. The highest BCUT2D eigenvalue weighted by Gasteiger charge is 2.68. The third-order valence-corrected chi connectivity index (χ3v) is 6.07. The van der Waals surface area contributed by atoms with Crippen molar-refractivity contribution in [2.45, 2.75) is 23.3 Å². The second-order valence-electron chi connectivity index (χ2n) is 6.27. The summed E-state index contributed by atoms with van der Waals surface area (Å²) in [7, 11) is 0. The molecule has 4 N–H and O–H groups in total. The zero-order valence-electron chi connectivity index (χ0n) is 12.7. The van der Waals surface area contributed by atoms with Crippen LogP contribution in [0.5, 0.6) is 0 Å². The molecule has 0 bridgehead atoms. The van der Waals surface area contributed by atoms with Gasteiger partial charge < -0.3 is 11.5 Å². The summed E-state index contributed by atoms with van der Waals surface area (Å²) in [4.78, 5) is 4.34. The van der Waals surface area contributed by atoms with Crippen LogP contribution in [-0.4, -0.2) is 31.6 Å². The summed E-state index contributed by atoms with van der Waals surface area (Å²) >= 11 is 1.40. The molecule has 9 heteroatoms. The number of aromatic nitrogens is 3. The molecule has 2 aromatic rings. The van der Waals surface area contributed by atoms with Gasteiger partial charge in [0.25, 0.3) is 0 Å². The number of nitrogens with two attached hydrogens (primary N) is 2. The van der Waals surface area contributed by atoms with Gasteiger partial charge in [-0.3, -0.25) is 4.68 Å². The average molecular weight is 350 g/mol. The van der Waals surface area contributed by atoms with E-state index in [9.17, 15) is 8.78 Å². The standard InChI is InChI=1S/C15H16F2N6S/c16-7-15(10-5-9(18)1-2-11(10)17)12-6-14(12,24-13(19)21-15)8-23-4-3-20-22-23/h1-5,12H,6-8,18H2,(H2,19,21)/t12?,14?,15-/m1/s1. The predicted octanol–water partition coefficient (Wildman–Crippen LogP) is 1.68. The van der Waals surface area contributed by atoms with Crippen LogP contribution in [-0.2, 0) is 12.1 Å². The first-order valence-corrected chi connectivity index (χ1v) is 8.31. The number of anilines is 1. The molecule has 1 aromatic heterocycles. The molecule has 1 aromatic carbocycles. The summed E-state index contributed by atoms with van der Waals surface area (Å²) in [5.41, 5.74) is 11.0. The zero-order valence-corrected chi connectivity index (χ0v) is 13.5. The Kier molecular flexibility index (Phi) is 3.31. The molecule has 1 aliphatic carbocycles. The normalized spacial score (nSPS) is 31.4. The number of rotatable bonds is 4. The number of halogens is 2. The van der Waals surface area contributed by atoms with Crippen LogP contribution in [0, 0.1) is 11.7 Å². The van der Waals surface area contributed by atoms with Gasteiger partial charge in [-0.1, -0.05) is 17.0 Å². The highest BCUT2D eigenvalue weighted by atomic mass is 32.2. The Bertz CT molecular complexity index is 810. The van der Waals surface area contributed by atoms with Gasteiger partial charge >= 0.3 is 0 Å². The van der Waals surface area contributed by atoms with E-state index in [1.165, 1.54) is 30.0 Å². The number of fused-ring (bicyclic) bond motifs is 1. The fraction of sp³-hybridized carbons (Fsp3) is 0.400. The lowest BCUT2D eigenvalue weighted by molar-refractivity contribution is 0.259. The number of alkyl halides is 1.